The first-order chi connectivity index (χ1) is 16.9. The maximum atomic E-state index is 11.6. The average Bonchev–Trinajstić information content (AvgIpc) is 3.16. The SMILES string of the molecule is C=C(Nc1nc2c(s1)CCN(C)CC2)N(CC(OCC)OCC)[C@H]1CC[C@H](CCC(=O)OC)CC1. The fourth-order valence-electron chi connectivity index (χ4n) is 5.06. The average molecular weight is 509 g/mol. The fraction of sp³-hybridized carbons (Fsp3) is 0.769. The van der Waals surface area contributed by atoms with Crippen LogP contribution >= 0.6 is 11.3 Å². The van der Waals surface area contributed by atoms with Crippen molar-refractivity contribution in [1.29, 1.82) is 0 Å². The van der Waals surface area contributed by atoms with Gasteiger partial charge in [0.05, 0.1) is 19.3 Å². The first-order valence-corrected chi connectivity index (χ1v) is 13.9. The molecule has 1 aliphatic heterocycles. The lowest BCUT2D eigenvalue weighted by molar-refractivity contribution is -0.148. The maximum absolute atomic E-state index is 11.6. The molecule has 9 heteroatoms. The van der Waals surface area contributed by atoms with E-state index in [4.69, 9.17) is 19.2 Å². The highest BCUT2D eigenvalue weighted by Gasteiger charge is 2.30. The topological polar surface area (TPSA) is 76.2 Å². The number of carbonyl (C=O) groups is 1. The van der Waals surface area contributed by atoms with Crippen molar-refractivity contribution in [3.05, 3.63) is 23.0 Å². The summed E-state index contributed by atoms with van der Waals surface area (Å²) in [6.45, 7) is 12.4. The van der Waals surface area contributed by atoms with Crippen LogP contribution in [0.4, 0.5) is 5.13 Å². The Morgan fingerprint density at radius 2 is 1.89 bits per heavy atom. The van der Waals surface area contributed by atoms with Crippen LogP contribution in [-0.2, 0) is 31.8 Å². The zero-order valence-electron chi connectivity index (χ0n) is 22.0. The molecule has 3 rings (SSSR count). The van der Waals surface area contributed by atoms with Gasteiger partial charge < -0.3 is 29.3 Å². The van der Waals surface area contributed by atoms with Crippen LogP contribution in [-0.4, -0.2) is 80.1 Å². The number of fused-ring (bicyclic) bond motifs is 1. The van der Waals surface area contributed by atoms with Crippen molar-refractivity contribution in [3.8, 4) is 0 Å². The number of nitrogens with zero attached hydrogens (tertiary/aromatic N) is 3. The van der Waals surface area contributed by atoms with Gasteiger partial charge in [0, 0.05) is 50.1 Å². The minimum absolute atomic E-state index is 0.115. The molecule has 0 unspecified atom stereocenters. The van der Waals surface area contributed by atoms with Gasteiger partial charge in [-0.05, 0) is 65.3 Å². The Labute approximate surface area is 215 Å². The maximum Gasteiger partial charge on any atom is 0.305 e. The van der Waals surface area contributed by atoms with Crippen LogP contribution in [0.15, 0.2) is 12.4 Å². The van der Waals surface area contributed by atoms with E-state index in [2.05, 4.69) is 28.7 Å². The monoisotopic (exact) mass is 508 g/mol. The summed E-state index contributed by atoms with van der Waals surface area (Å²) in [5.41, 5.74) is 1.22. The molecule has 2 heterocycles. The third kappa shape index (κ3) is 8.44. The Bertz CT molecular complexity index is 778. The number of hydrogen-bond donors (Lipinski definition) is 1. The van der Waals surface area contributed by atoms with Crippen LogP contribution < -0.4 is 5.32 Å². The predicted molar refractivity (Wildman–Crippen MR) is 141 cm³/mol. The highest BCUT2D eigenvalue weighted by atomic mass is 32.1. The van der Waals surface area contributed by atoms with E-state index in [0.29, 0.717) is 38.1 Å². The van der Waals surface area contributed by atoms with Crippen LogP contribution in [0.3, 0.4) is 0 Å². The van der Waals surface area contributed by atoms with E-state index in [1.54, 1.807) is 11.3 Å². The molecule has 0 radical (unpaired) electrons. The van der Waals surface area contributed by atoms with E-state index >= 15 is 0 Å². The Morgan fingerprint density at radius 3 is 2.54 bits per heavy atom. The smallest absolute Gasteiger partial charge is 0.305 e. The molecule has 0 amide bonds. The first-order valence-electron chi connectivity index (χ1n) is 13.1. The van der Waals surface area contributed by atoms with E-state index in [9.17, 15) is 4.79 Å². The summed E-state index contributed by atoms with van der Waals surface area (Å²) >= 11 is 1.75. The van der Waals surface area contributed by atoms with Crippen LogP contribution in [0.5, 0.6) is 0 Å². The van der Waals surface area contributed by atoms with Gasteiger partial charge in [0.15, 0.2) is 11.4 Å². The molecule has 1 aromatic rings. The minimum Gasteiger partial charge on any atom is -0.469 e. The quantitative estimate of drug-likeness (QED) is 0.313. The molecule has 2 aliphatic rings. The van der Waals surface area contributed by atoms with Crippen LogP contribution in [0.2, 0.25) is 0 Å². The van der Waals surface area contributed by atoms with Gasteiger partial charge in [-0.2, -0.15) is 0 Å². The van der Waals surface area contributed by atoms with Crippen molar-refractivity contribution in [2.75, 3.05) is 52.3 Å². The molecule has 8 nitrogen and oxygen atoms in total. The largest absolute Gasteiger partial charge is 0.469 e. The van der Waals surface area contributed by atoms with Gasteiger partial charge in [-0.3, -0.25) is 4.79 Å². The van der Waals surface area contributed by atoms with Crippen LogP contribution in [0.1, 0.15) is 62.9 Å². The highest BCUT2D eigenvalue weighted by molar-refractivity contribution is 7.15. The number of anilines is 1. The Kier molecular flexibility index (Phi) is 11.3. The normalized spacial score (nSPS) is 20.8. The van der Waals surface area contributed by atoms with Gasteiger partial charge in [-0.15, -0.1) is 11.3 Å². The van der Waals surface area contributed by atoms with Crippen molar-refractivity contribution >= 4 is 22.4 Å². The molecule has 0 saturated heterocycles. The lowest BCUT2D eigenvalue weighted by Crippen LogP contribution is -2.44. The molecule has 0 bridgehead atoms. The third-order valence-electron chi connectivity index (χ3n) is 7.12. The molecule has 0 aromatic carbocycles. The predicted octanol–water partition coefficient (Wildman–Crippen LogP) is 4.27. The second-order valence-corrected chi connectivity index (χ2v) is 10.6. The van der Waals surface area contributed by atoms with Gasteiger partial charge in [-0.25, -0.2) is 4.98 Å². The van der Waals surface area contributed by atoms with Gasteiger partial charge in [-0.1, -0.05) is 6.58 Å². The molecule has 0 atom stereocenters. The fourth-order valence-corrected chi connectivity index (χ4v) is 6.08. The molecular formula is C26H44N4O4S. The summed E-state index contributed by atoms with van der Waals surface area (Å²) < 4.78 is 16.6. The summed E-state index contributed by atoms with van der Waals surface area (Å²) in [6, 6.07) is 0.347. The van der Waals surface area contributed by atoms with E-state index in [1.165, 1.54) is 17.7 Å². The van der Waals surface area contributed by atoms with Gasteiger partial charge in [0.1, 0.15) is 5.82 Å². The zero-order valence-corrected chi connectivity index (χ0v) is 22.8. The lowest BCUT2D eigenvalue weighted by atomic mass is 9.83. The Hall–Kier alpha value is -1.68. The second-order valence-electron chi connectivity index (χ2n) is 9.55. The molecule has 1 aliphatic carbocycles. The summed E-state index contributed by atoms with van der Waals surface area (Å²) in [4.78, 5) is 22.5. The molecule has 1 saturated carbocycles. The summed E-state index contributed by atoms with van der Waals surface area (Å²) in [5.74, 6) is 1.31. The van der Waals surface area contributed by atoms with Crippen LogP contribution in [0, 0.1) is 5.92 Å². The van der Waals surface area contributed by atoms with E-state index in [0.717, 1.165) is 69.0 Å². The molecule has 1 aromatic heterocycles. The number of hydrogen-bond acceptors (Lipinski definition) is 9. The van der Waals surface area contributed by atoms with E-state index in [1.807, 2.05) is 13.8 Å². The Morgan fingerprint density at radius 1 is 1.20 bits per heavy atom. The summed E-state index contributed by atoms with van der Waals surface area (Å²) in [7, 11) is 3.63. The summed E-state index contributed by atoms with van der Waals surface area (Å²) in [5, 5.41) is 4.45. The standard InChI is InChI=1S/C26H44N4O4S/c1-6-33-25(34-7-2)18-30(21-11-8-20(9-12-21)10-13-24(31)32-5)19(3)27-26-28-22-14-16-29(4)17-15-23(22)35-26/h20-21,25H,3,6-18H2,1-2,4-5H3,(H,27,28)/t20-,21-. The molecular weight excluding hydrogens is 464 g/mol. The minimum atomic E-state index is -0.302. The first kappa shape index (κ1) is 27.9. The molecule has 198 valence electrons. The number of ether oxygens (including phenoxy) is 3. The number of esters is 1. The molecule has 1 N–H and O–H groups in total. The van der Waals surface area contributed by atoms with E-state index in [-0.39, 0.29) is 12.3 Å². The lowest BCUT2D eigenvalue weighted by Gasteiger charge is -2.40. The summed E-state index contributed by atoms with van der Waals surface area (Å²) in [6.07, 6.45) is 7.45. The third-order valence-corrected chi connectivity index (χ3v) is 8.19. The highest BCUT2D eigenvalue weighted by Crippen LogP contribution is 2.33. The van der Waals surface area contributed by atoms with Crippen molar-refractivity contribution < 1.29 is 19.0 Å². The van der Waals surface area contributed by atoms with Gasteiger partial charge in [0.25, 0.3) is 0 Å². The van der Waals surface area contributed by atoms with Gasteiger partial charge in [0.2, 0.25) is 0 Å². The zero-order chi connectivity index (χ0) is 25.2. The van der Waals surface area contributed by atoms with Crippen molar-refractivity contribution in [1.82, 2.24) is 14.8 Å². The number of rotatable bonds is 13. The molecule has 0 spiro atoms. The number of methoxy groups -OCH3 is 1. The number of likely N-dealkylation sites (N-methyl/N-ethyl adjacent to an activating group) is 1. The number of nitrogens with one attached hydrogen (secondary N) is 1. The van der Waals surface area contributed by atoms with Crippen molar-refractivity contribution in [2.45, 2.75) is 77.5 Å². The second kappa shape index (κ2) is 14.2. The molecule has 1 fully saturated rings. The van der Waals surface area contributed by atoms with Crippen molar-refractivity contribution in [2.24, 2.45) is 5.92 Å². The number of carbonyl (C=O) groups excluding carboxylic acids is 1. The van der Waals surface area contributed by atoms with Crippen LogP contribution in [0.25, 0.3) is 0 Å². The number of thiazole rings is 1. The molecule has 35 heavy (non-hydrogen) atoms. The number of aromatic nitrogens is 1. The Balaban J connectivity index is 1.66. The van der Waals surface area contributed by atoms with Gasteiger partial charge >= 0.3 is 5.97 Å². The van der Waals surface area contributed by atoms with E-state index < -0.39 is 0 Å². The van der Waals surface area contributed by atoms with Crippen molar-refractivity contribution in [3.63, 3.8) is 0 Å².